The Balaban J connectivity index is 1.84. The predicted octanol–water partition coefficient (Wildman–Crippen LogP) is 4.84. The molecule has 1 N–H and O–H groups in total. The molecule has 7 heteroatoms. The Morgan fingerprint density at radius 1 is 0.815 bits per heavy atom. The van der Waals surface area contributed by atoms with Gasteiger partial charge < -0.3 is 13.9 Å². The highest BCUT2D eigenvalue weighted by Gasteiger charge is 2.21. The van der Waals surface area contributed by atoms with Crippen molar-refractivity contribution in [1.29, 1.82) is 0 Å². The summed E-state index contributed by atoms with van der Waals surface area (Å²) >= 11 is 0. The predicted molar refractivity (Wildman–Crippen MR) is 111 cm³/mol. The fourth-order valence-corrected chi connectivity index (χ4v) is 3.55. The van der Waals surface area contributed by atoms with Gasteiger partial charge in [-0.05, 0) is 25.0 Å². The maximum absolute atomic E-state index is 11.7. The van der Waals surface area contributed by atoms with Gasteiger partial charge in [0.15, 0.2) is 0 Å². The first-order valence-corrected chi connectivity index (χ1v) is 11.8. The summed E-state index contributed by atoms with van der Waals surface area (Å²) in [6, 6.07) is 4.15. The van der Waals surface area contributed by atoms with E-state index < -0.39 is 7.82 Å². The first kappa shape index (κ1) is 24.4. The van der Waals surface area contributed by atoms with Crippen molar-refractivity contribution in [3.05, 3.63) is 24.5 Å². The van der Waals surface area contributed by atoms with Gasteiger partial charge >= 0.3 is 7.82 Å². The van der Waals surface area contributed by atoms with Gasteiger partial charge in [0, 0.05) is 18.9 Å². The van der Waals surface area contributed by atoms with E-state index in [1.54, 1.807) is 0 Å². The molecule has 0 saturated heterocycles. The Hall–Kier alpha value is -0.650. The fraction of sp³-hybridized carbons (Fsp3) is 0.800. The second kappa shape index (κ2) is 13.5. The molecule has 0 aliphatic rings. The maximum Gasteiger partial charge on any atom is 0.472 e. The summed E-state index contributed by atoms with van der Waals surface area (Å²) in [6.07, 6.45) is 14.9. The minimum absolute atomic E-state index is 0.225. The van der Waals surface area contributed by atoms with Crippen LogP contribution in [0, 0.1) is 0 Å². The smallest absolute Gasteiger partial charge is 0.354 e. The van der Waals surface area contributed by atoms with E-state index >= 15 is 0 Å². The zero-order valence-corrected chi connectivity index (χ0v) is 18.4. The highest BCUT2D eigenvalue weighted by Crippen LogP contribution is 2.43. The van der Waals surface area contributed by atoms with Crippen LogP contribution in [0.25, 0.3) is 0 Å². The molecular formula is C20H40N2O4P+. The number of phosphoric acid groups is 1. The average Bonchev–Trinajstić information content (AvgIpc) is 3.07. The molecule has 0 aromatic carbocycles. The van der Waals surface area contributed by atoms with E-state index in [1.165, 1.54) is 38.5 Å². The minimum atomic E-state index is -3.89. The molecule has 0 aliphatic carbocycles. The SMILES string of the molecule is C[N+](C)(C)CCOP(=O)(O)OCCCCCCCCCCCn1cccc1. The number of aromatic nitrogens is 1. The molecule has 1 rings (SSSR count). The monoisotopic (exact) mass is 403 g/mol. The quantitative estimate of drug-likeness (QED) is 0.230. The summed E-state index contributed by atoms with van der Waals surface area (Å²) in [6.45, 7) is 2.31. The Morgan fingerprint density at radius 3 is 1.85 bits per heavy atom. The normalized spacial score (nSPS) is 14.4. The molecule has 0 fully saturated rings. The van der Waals surface area contributed by atoms with Crippen LogP contribution in [0.15, 0.2) is 24.5 Å². The van der Waals surface area contributed by atoms with Crippen LogP contribution >= 0.6 is 7.82 Å². The van der Waals surface area contributed by atoms with Gasteiger partial charge in [0.1, 0.15) is 13.2 Å². The largest absolute Gasteiger partial charge is 0.472 e. The number of quaternary nitrogens is 1. The molecule has 6 nitrogen and oxygen atoms in total. The van der Waals surface area contributed by atoms with Crippen molar-refractivity contribution in [2.45, 2.75) is 64.3 Å². The van der Waals surface area contributed by atoms with Crippen LogP contribution in [-0.4, -0.2) is 54.8 Å². The molecule has 1 atom stereocenters. The van der Waals surface area contributed by atoms with Crippen LogP contribution in [0.1, 0.15) is 57.8 Å². The minimum Gasteiger partial charge on any atom is -0.354 e. The Kier molecular flexibility index (Phi) is 12.2. The highest BCUT2D eigenvalue weighted by atomic mass is 31.2. The third-order valence-electron chi connectivity index (χ3n) is 4.50. The number of nitrogens with zero attached hydrogens (tertiary/aromatic N) is 2. The second-order valence-electron chi connectivity index (χ2n) is 8.25. The summed E-state index contributed by atoms with van der Waals surface area (Å²) in [4.78, 5) is 9.62. The van der Waals surface area contributed by atoms with E-state index in [4.69, 9.17) is 9.05 Å². The zero-order chi connectivity index (χ0) is 20.0. The van der Waals surface area contributed by atoms with Gasteiger partial charge in [0.25, 0.3) is 0 Å². The Labute approximate surface area is 165 Å². The number of likely N-dealkylation sites (N-methyl/N-ethyl adjacent to an activating group) is 1. The molecule has 0 amide bonds. The molecule has 0 saturated carbocycles. The standard InChI is InChI=1S/C20H39N2O4P/c1-22(2,3)18-20-26-27(23,24)25-19-14-10-8-6-4-5-7-9-11-15-21-16-12-13-17-21/h12-13,16-17H,4-11,14-15,18-20H2,1-3H3/p+1. The van der Waals surface area contributed by atoms with Gasteiger partial charge in [0.2, 0.25) is 0 Å². The van der Waals surface area contributed by atoms with E-state index in [-0.39, 0.29) is 13.2 Å². The van der Waals surface area contributed by atoms with E-state index in [0.717, 1.165) is 25.8 Å². The molecule has 27 heavy (non-hydrogen) atoms. The highest BCUT2D eigenvalue weighted by molar-refractivity contribution is 7.47. The Bertz CT molecular complexity index is 515. The molecule has 1 aromatic rings. The molecule has 0 spiro atoms. The molecule has 1 heterocycles. The van der Waals surface area contributed by atoms with E-state index in [1.807, 2.05) is 21.1 Å². The number of rotatable bonds is 17. The van der Waals surface area contributed by atoms with Gasteiger partial charge in [-0.3, -0.25) is 9.05 Å². The van der Waals surface area contributed by atoms with Crippen molar-refractivity contribution in [3.8, 4) is 0 Å². The second-order valence-corrected chi connectivity index (χ2v) is 9.71. The van der Waals surface area contributed by atoms with E-state index in [2.05, 4.69) is 29.1 Å². The lowest BCUT2D eigenvalue weighted by Gasteiger charge is -2.24. The van der Waals surface area contributed by atoms with Crippen molar-refractivity contribution in [1.82, 2.24) is 4.57 Å². The van der Waals surface area contributed by atoms with Gasteiger partial charge in [-0.15, -0.1) is 0 Å². The van der Waals surface area contributed by atoms with Crippen LogP contribution in [-0.2, 0) is 20.2 Å². The molecule has 1 unspecified atom stereocenters. The van der Waals surface area contributed by atoms with Gasteiger partial charge in [-0.2, -0.15) is 0 Å². The number of hydrogen-bond acceptors (Lipinski definition) is 3. The first-order valence-electron chi connectivity index (χ1n) is 10.3. The third kappa shape index (κ3) is 15.0. The fourth-order valence-electron chi connectivity index (χ4n) is 2.80. The van der Waals surface area contributed by atoms with Crippen LogP contribution in [0.5, 0.6) is 0 Å². The molecule has 1 aromatic heterocycles. The van der Waals surface area contributed by atoms with Crippen molar-refractivity contribution >= 4 is 7.82 Å². The number of unbranched alkanes of at least 4 members (excludes halogenated alkanes) is 8. The first-order chi connectivity index (χ1) is 12.8. The van der Waals surface area contributed by atoms with Gasteiger partial charge in [-0.1, -0.05) is 44.9 Å². The summed E-state index contributed by atoms with van der Waals surface area (Å²) in [5.74, 6) is 0. The lowest BCUT2D eigenvalue weighted by atomic mass is 10.1. The van der Waals surface area contributed by atoms with Crippen LogP contribution < -0.4 is 0 Å². The van der Waals surface area contributed by atoms with E-state index in [0.29, 0.717) is 11.0 Å². The van der Waals surface area contributed by atoms with Crippen molar-refractivity contribution < 1.29 is 23.0 Å². The van der Waals surface area contributed by atoms with Gasteiger partial charge in [-0.25, -0.2) is 4.57 Å². The molecule has 0 aliphatic heterocycles. The third-order valence-corrected chi connectivity index (χ3v) is 5.52. The van der Waals surface area contributed by atoms with E-state index in [9.17, 15) is 9.46 Å². The zero-order valence-electron chi connectivity index (χ0n) is 17.5. The summed E-state index contributed by atoms with van der Waals surface area (Å²) in [5, 5.41) is 0. The summed E-state index contributed by atoms with van der Waals surface area (Å²) < 4.78 is 24.7. The average molecular weight is 404 g/mol. The van der Waals surface area contributed by atoms with Gasteiger partial charge in [0.05, 0.1) is 27.7 Å². The topological polar surface area (TPSA) is 60.7 Å². The number of phosphoric ester groups is 1. The van der Waals surface area contributed by atoms with Crippen LogP contribution in [0.4, 0.5) is 0 Å². The molecular weight excluding hydrogens is 363 g/mol. The molecule has 158 valence electrons. The number of aryl methyl sites for hydroxylation is 1. The van der Waals surface area contributed by atoms with Crippen molar-refractivity contribution in [2.24, 2.45) is 0 Å². The maximum atomic E-state index is 11.7. The number of hydrogen-bond donors (Lipinski definition) is 1. The van der Waals surface area contributed by atoms with Crippen LogP contribution in [0.3, 0.4) is 0 Å². The van der Waals surface area contributed by atoms with Crippen LogP contribution in [0.2, 0.25) is 0 Å². The summed E-state index contributed by atoms with van der Waals surface area (Å²) in [5.41, 5.74) is 0. The molecule has 0 radical (unpaired) electrons. The Morgan fingerprint density at radius 2 is 1.30 bits per heavy atom. The lowest BCUT2D eigenvalue weighted by molar-refractivity contribution is -0.870. The van der Waals surface area contributed by atoms with Crippen molar-refractivity contribution in [2.75, 3.05) is 40.9 Å². The lowest BCUT2D eigenvalue weighted by Crippen LogP contribution is -2.37. The van der Waals surface area contributed by atoms with Crippen molar-refractivity contribution in [3.63, 3.8) is 0 Å². The summed E-state index contributed by atoms with van der Waals surface area (Å²) in [7, 11) is 2.15. The molecule has 0 bridgehead atoms.